The van der Waals surface area contributed by atoms with E-state index in [9.17, 15) is 9.59 Å². The summed E-state index contributed by atoms with van der Waals surface area (Å²) in [4.78, 5) is 29.1. The van der Waals surface area contributed by atoms with Gasteiger partial charge >= 0.3 is 0 Å². The summed E-state index contributed by atoms with van der Waals surface area (Å²) in [7, 11) is 0. The monoisotopic (exact) mass is 229 g/mol. The van der Waals surface area contributed by atoms with E-state index in [0.29, 0.717) is 11.0 Å². The van der Waals surface area contributed by atoms with Crippen molar-refractivity contribution < 1.29 is 4.79 Å². The van der Waals surface area contributed by atoms with Gasteiger partial charge in [0.15, 0.2) is 0 Å². The van der Waals surface area contributed by atoms with Crippen LogP contribution in [0, 0.1) is 0 Å². The highest BCUT2D eigenvalue weighted by Crippen LogP contribution is 2.16. The highest BCUT2D eigenvalue weighted by Gasteiger charge is 2.09. The second-order valence-electron chi connectivity index (χ2n) is 3.82. The van der Waals surface area contributed by atoms with Crippen molar-refractivity contribution in [3.63, 3.8) is 0 Å². The Hall–Kier alpha value is -2.43. The molecule has 2 aromatic heterocycles. The third kappa shape index (κ3) is 1.94. The van der Waals surface area contributed by atoms with Crippen molar-refractivity contribution in [1.29, 1.82) is 0 Å². The molecule has 0 saturated heterocycles. The molecule has 0 saturated carbocycles. The van der Waals surface area contributed by atoms with E-state index < -0.39 is 11.5 Å². The zero-order valence-electron chi connectivity index (χ0n) is 9.28. The van der Waals surface area contributed by atoms with Crippen LogP contribution in [0.2, 0.25) is 0 Å². The maximum Gasteiger partial charge on any atom is 0.262 e. The van der Waals surface area contributed by atoms with Crippen LogP contribution >= 0.6 is 0 Å². The fourth-order valence-corrected chi connectivity index (χ4v) is 1.51. The van der Waals surface area contributed by atoms with Gasteiger partial charge in [-0.3, -0.25) is 9.59 Å². The van der Waals surface area contributed by atoms with Gasteiger partial charge in [0, 0.05) is 11.6 Å². The summed E-state index contributed by atoms with van der Waals surface area (Å²) in [6, 6.07) is 3.24. The third-order valence-corrected chi connectivity index (χ3v) is 2.45. The Kier molecular flexibility index (Phi) is 2.51. The lowest BCUT2D eigenvalue weighted by molar-refractivity contribution is 0.0999. The minimum absolute atomic E-state index is 0.0711. The van der Waals surface area contributed by atoms with Gasteiger partial charge in [0.05, 0.1) is 0 Å². The van der Waals surface area contributed by atoms with Gasteiger partial charge in [0.25, 0.3) is 11.5 Å². The van der Waals surface area contributed by atoms with E-state index in [0.717, 1.165) is 11.1 Å². The van der Waals surface area contributed by atoms with Crippen LogP contribution in [0.3, 0.4) is 0 Å². The van der Waals surface area contributed by atoms with Gasteiger partial charge in [-0.15, -0.1) is 0 Å². The van der Waals surface area contributed by atoms with Crippen molar-refractivity contribution in [2.45, 2.75) is 6.92 Å². The molecule has 17 heavy (non-hydrogen) atoms. The van der Waals surface area contributed by atoms with Crippen molar-refractivity contribution >= 4 is 22.5 Å². The number of hydrogen-bond donors (Lipinski definition) is 2. The molecule has 2 heterocycles. The molecule has 0 spiro atoms. The van der Waals surface area contributed by atoms with Gasteiger partial charge in [-0.2, -0.15) is 0 Å². The summed E-state index contributed by atoms with van der Waals surface area (Å²) in [5, 5.41) is 0.652. The largest absolute Gasteiger partial charge is 0.365 e. The summed E-state index contributed by atoms with van der Waals surface area (Å²) >= 11 is 0. The zero-order valence-corrected chi connectivity index (χ0v) is 9.28. The number of pyridine rings is 2. The Morgan fingerprint density at radius 1 is 1.47 bits per heavy atom. The average Bonchev–Trinajstić information content (AvgIpc) is 2.27. The Labute approximate surface area is 97.0 Å². The van der Waals surface area contributed by atoms with E-state index in [1.807, 2.05) is 6.92 Å². The predicted molar refractivity (Wildman–Crippen MR) is 65.6 cm³/mol. The Morgan fingerprint density at radius 2 is 2.18 bits per heavy atom. The molecule has 0 unspecified atom stereocenters. The molecule has 5 heteroatoms. The number of amides is 1. The molecule has 0 bridgehead atoms. The van der Waals surface area contributed by atoms with Crippen LogP contribution in [0.15, 0.2) is 29.7 Å². The molecule has 3 N–H and O–H groups in total. The second kappa shape index (κ2) is 3.86. The van der Waals surface area contributed by atoms with Crippen molar-refractivity contribution in [3.05, 3.63) is 46.4 Å². The fraction of sp³-hybridized carbons (Fsp3) is 0.0833. The quantitative estimate of drug-likeness (QED) is 0.806. The fourth-order valence-electron chi connectivity index (χ4n) is 1.51. The highest BCUT2D eigenvalue weighted by molar-refractivity contribution is 5.95. The number of aromatic nitrogens is 2. The molecule has 0 aliphatic rings. The number of carbonyl (C=O) groups excluding carboxylic acids is 1. The molecule has 1 amide bonds. The molecule has 0 atom stereocenters. The summed E-state index contributed by atoms with van der Waals surface area (Å²) < 4.78 is 0. The number of nitrogens with one attached hydrogen (secondary N) is 1. The number of fused-ring (bicyclic) bond motifs is 1. The third-order valence-electron chi connectivity index (χ3n) is 2.45. The maximum absolute atomic E-state index is 11.5. The first-order valence-corrected chi connectivity index (χ1v) is 4.98. The van der Waals surface area contributed by atoms with Crippen LogP contribution in [-0.4, -0.2) is 15.9 Å². The van der Waals surface area contributed by atoms with Crippen molar-refractivity contribution in [2.75, 3.05) is 0 Å². The molecular weight excluding hydrogens is 218 g/mol. The first-order chi connectivity index (χ1) is 7.99. The van der Waals surface area contributed by atoms with Crippen molar-refractivity contribution in [1.82, 2.24) is 9.97 Å². The molecule has 5 nitrogen and oxygen atoms in total. The van der Waals surface area contributed by atoms with Gasteiger partial charge in [0.1, 0.15) is 11.2 Å². The number of rotatable bonds is 2. The predicted octanol–water partition coefficient (Wildman–Crippen LogP) is 1.06. The molecule has 0 radical (unpaired) electrons. The van der Waals surface area contributed by atoms with E-state index in [1.54, 1.807) is 12.3 Å². The molecule has 0 aromatic carbocycles. The Morgan fingerprint density at radius 3 is 2.76 bits per heavy atom. The van der Waals surface area contributed by atoms with E-state index in [4.69, 9.17) is 5.73 Å². The smallest absolute Gasteiger partial charge is 0.262 e. The number of hydrogen-bond acceptors (Lipinski definition) is 3. The number of H-pyrrole nitrogens is 1. The summed E-state index contributed by atoms with van der Waals surface area (Å²) in [5.41, 5.74) is 6.63. The SMILES string of the molecule is C=C(C)c1cnc2[nH]c(=O)c(C(N)=O)cc2c1. The van der Waals surface area contributed by atoms with Gasteiger partial charge in [-0.05, 0) is 30.2 Å². The number of nitrogens with two attached hydrogens (primary N) is 1. The number of primary amides is 1. The van der Waals surface area contributed by atoms with Gasteiger partial charge < -0.3 is 10.7 Å². The van der Waals surface area contributed by atoms with Crippen LogP contribution in [0.5, 0.6) is 0 Å². The van der Waals surface area contributed by atoms with Gasteiger partial charge in [0.2, 0.25) is 0 Å². The zero-order chi connectivity index (χ0) is 12.6. The van der Waals surface area contributed by atoms with Crippen LogP contribution in [0.4, 0.5) is 0 Å². The molecule has 2 rings (SSSR count). The molecule has 0 aliphatic heterocycles. The van der Waals surface area contributed by atoms with Crippen molar-refractivity contribution in [3.8, 4) is 0 Å². The number of carbonyl (C=O) groups is 1. The standard InChI is InChI=1S/C12H11N3O2/c1-6(2)8-3-7-4-9(10(13)16)12(17)15-11(7)14-5-8/h3-5H,1H2,2H3,(H2,13,16)(H,14,15,17). The summed E-state index contributed by atoms with van der Waals surface area (Å²) in [6.45, 7) is 5.65. The van der Waals surface area contributed by atoms with E-state index in [2.05, 4.69) is 16.5 Å². The van der Waals surface area contributed by atoms with Crippen LogP contribution in [-0.2, 0) is 0 Å². The lowest BCUT2D eigenvalue weighted by atomic mass is 10.1. The normalized spacial score (nSPS) is 10.4. The number of nitrogens with zero attached hydrogens (tertiary/aromatic N) is 1. The lowest BCUT2D eigenvalue weighted by Crippen LogP contribution is -2.23. The van der Waals surface area contributed by atoms with E-state index >= 15 is 0 Å². The Bertz CT molecular complexity index is 686. The topological polar surface area (TPSA) is 88.8 Å². The Balaban J connectivity index is 2.77. The molecule has 86 valence electrons. The van der Waals surface area contributed by atoms with Gasteiger partial charge in [-0.1, -0.05) is 6.58 Å². The second-order valence-corrected chi connectivity index (χ2v) is 3.82. The van der Waals surface area contributed by atoms with Gasteiger partial charge in [-0.25, -0.2) is 4.98 Å². The van der Waals surface area contributed by atoms with Crippen LogP contribution in [0.1, 0.15) is 22.8 Å². The maximum atomic E-state index is 11.5. The van der Waals surface area contributed by atoms with Crippen LogP contribution in [0.25, 0.3) is 16.6 Å². The summed E-state index contributed by atoms with van der Waals surface area (Å²) in [6.07, 6.45) is 1.62. The van der Waals surface area contributed by atoms with E-state index in [-0.39, 0.29) is 5.56 Å². The average molecular weight is 229 g/mol. The molecular formula is C12H11N3O2. The highest BCUT2D eigenvalue weighted by atomic mass is 16.2. The number of aromatic amines is 1. The van der Waals surface area contributed by atoms with E-state index in [1.165, 1.54) is 6.07 Å². The molecule has 0 fully saturated rings. The molecule has 0 aliphatic carbocycles. The minimum Gasteiger partial charge on any atom is -0.365 e. The first kappa shape index (κ1) is 11.1. The number of allylic oxidation sites excluding steroid dienone is 1. The lowest BCUT2D eigenvalue weighted by Gasteiger charge is -2.03. The van der Waals surface area contributed by atoms with Crippen LogP contribution < -0.4 is 11.3 Å². The first-order valence-electron chi connectivity index (χ1n) is 4.98. The minimum atomic E-state index is -0.756. The summed E-state index contributed by atoms with van der Waals surface area (Å²) in [5.74, 6) is -0.756. The van der Waals surface area contributed by atoms with Crippen molar-refractivity contribution in [2.24, 2.45) is 5.73 Å². The molecule has 2 aromatic rings.